The van der Waals surface area contributed by atoms with Gasteiger partial charge in [-0.1, -0.05) is 173 Å². The summed E-state index contributed by atoms with van der Waals surface area (Å²) < 4.78 is 4.91. The van der Waals surface area contributed by atoms with Gasteiger partial charge in [-0.3, -0.25) is 4.57 Å². The maximum atomic E-state index is 5.64. The lowest BCUT2D eigenvalue weighted by Gasteiger charge is -2.42. The molecule has 0 fully saturated rings. The first-order valence-electron chi connectivity index (χ1n) is 21.9. The number of hydrogen-bond donors (Lipinski definition) is 0. The minimum Gasteiger partial charge on any atom is -0.307 e. The number of rotatable bonds is 5. The number of benzene rings is 8. The van der Waals surface area contributed by atoms with Gasteiger partial charge in [-0.15, -0.1) is 0 Å². The molecule has 0 N–H and O–H groups in total. The standard InChI is InChI=1S/C58H46N4/c1-57(2)32-33-58(3,4)47-35-51-45(34-46(47)57)53-43-29-17-16-28-42(43)52-44-30-18-19-31-50(44)62(55(52)54(53)61(51)39-24-12-7-13-25-39)56-59-48(38-22-10-6-11-23-38)36-49(60-56)41-27-15-14-26-40(41)37-20-8-5-9-21-37/h5-31,34-36H,32-33H2,1-4H3. The molecule has 8 aromatic carbocycles. The van der Waals surface area contributed by atoms with Crippen molar-refractivity contribution in [1.29, 1.82) is 0 Å². The summed E-state index contributed by atoms with van der Waals surface area (Å²) in [6, 6.07) is 65.9. The third-order valence-electron chi connectivity index (χ3n) is 13.8. The lowest BCUT2D eigenvalue weighted by molar-refractivity contribution is 0.332. The van der Waals surface area contributed by atoms with E-state index in [1.54, 1.807) is 0 Å². The van der Waals surface area contributed by atoms with Gasteiger partial charge in [0.05, 0.1) is 33.5 Å². The Kier molecular flexibility index (Phi) is 8.02. The predicted molar refractivity (Wildman–Crippen MR) is 260 cm³/mol. The lowest BCUT2D eigenvalue weighted by Crippen LogP contribution is -2.33. The third-order valence-corrected chi connectivity index (χ3v) is 13.8. The van der Waals surface area contributed by atoms with Crippen molar-refractivity contribution >= 4 is 54.4 Å². The highest BCUT2D eigenvalue weighted by Crippen LogP contribution is 2.51. The maximum Gasteiger partial charge on any atom is 0.235 e. The van der Waals surface area contributed by atoms with Crippen LogP contribution >= 0.6 is 0 Å². The van der Waals surface area contributed by atoms with Crippen molar-refractivity contribution < 1.29 is 0 Å². The summed E-state index contributed by atoms with van der Waals surface area (Å²) in [4.78, 5) is 11.2. The van der Waals surface area contributed by atoms with Crippen LogP contribution in [-0.4, -0.2) is 19.1 Å². The molecule has 0 amide bonds. The molecule has 0 atom stereocenters. The smallest absolute Gasteiger partial charge is 0.235 e. The molecule has 11 aromatic rings. The van der Waals surface area contributed by atoms with Gasteiger partial charge in [-0.25, -0.2) is 9.97 Å². The van der Waals surface area contributed by atoms with E-state index < -0.39 is 0 Å². The zero-order valence-electron chi connectivity index (χ0n) is 35.5. The van der Waals surface area contributed by atoms with Crippen LogP contribution in [0.25, 0.3) is 99.7 Å². The number of hydrogen-bond acceptors (Lipinski definition) is 2. The zero-order valence-corrected chi connectivity index (χ0v) is 35.5. The van der Waals surface area contributed by atoms with Gasteiger partial charge >= 0.3 is 0 Å². The monoisotopic (exact) mass is 798 g/mol. The fraction of sp³-hybridized carbons (Fsp3) is 0.138. The molecule has 12 rings (SSSR count). The van der Waals surface area contributed by atoms with E-state index >= 15 is 0 Å². The second-order valence-corrected chi connectivity index (χ2v) is 18.4. The summed E-state index contributed by atoms with van der Waals surface area (Å²) in [5.41, 5.74) is 14.8. The van der Waals surface area contributed by atoms with E-state index in [9.17, 15) is 0 Å². The highest BCUT2D eigenvalue weighted by molar-refractivity contribution is 6.36. The average molecular weight is 799 g/mol. The Bertz CT molecular complexity index is 3560. The molecule has 62 heavy (non-hydrogen) atoms. The zero-order chi connectivity index (χ0) is 41.7. The SMILES string of the molecule is CC1(C)CCC(C)(C)c2cc3c(cc21)c1c2ccccc2c2c4ccccc4n(-c4nc(-c5ccccc5)cc(-c5ccccc5-c5ccccc5)n4)c2c1n3-c1ccccc1. The van der Waals surface area contributed by atoms with E-state index in [1.165, 1.54) is 49.0 Å². The fourth-order valence-electron chi connectivity index (χ4n) is 10.6. The normalized spacial score (nSPS) is 14.6. The molecule has 0 radical (unpaired) electrons. The second kappa shape index (κ2) is 13.6. The van der Waals surface area contributed by atoms with Crippen LogP contribution in [0.5, 0.6) is 0 Å². The molecule has 0 unspecified atom stereocenters. The van der Waals surface area contributed by atoms with Crippen molar-refractivity contribution in [2.45, 2.75) is 51.4 Å². The average Bonchev–Trinajstić information content (AvgIpc) is 3.85. The molecular formula is C58H46N4. The number of aromatic nitrogens is 4. The van der Waals surface area contributed by atoms with Crippen molar-refractivity contribution in [2.75, 3.05) is 0 Å². The molecule has 298 valence electrons. The largest absolute Gasteiger partial charge is 0.307 e. The van der Waals surface area contributed by atoms with Gasteiger partial charge in [0.2, 0.25) is 5.95 Å². The highest BCUT2D eigenvalue weighted by Gasteiger charge is 2.38. The molecule has 4 heteroatoms. The Labute approximate surface area is 361 Å². The quantitative estimate of drug-likeness (QED) is 0.174. The van der Waals surface area contributed by atoms with Crippen molar-refractivity contribution in [3.8, 4) is 45.3 Å². The van der Waals surface area contributed by atoms with Crippen molar-refractivity contribution in [1.82, 2.24) is 19.1 Å². The van der Waals surface area contributed by atoms with Gasteiger partial charge in [0.25, 0.3) is 0 Å². The first kappa shape index (κ1) is 36.5. The number of fused-ring (bicyclic) bond motifs is 11. The molecular weight excluding hydrogens is 753 g/mol. The topological polar surface area (TPSA) is 35.6 Å². The molecule has 4 nitrogen and oxygen atoms in total. The van der Waals surface area contributed by atoms with E-state index in [0.717, 1.165) is 68.7 Å². The lowest BCUT2D eigenvalue weighted by atomic mass is 9.63. The summed E-state index contributed by atoms with van der Waals surface area (Å²) in [6.07, 6.45) is 2.30. The summed E-state index contributed by atoms with van der Waals surface area (Å²) in [6.45, 7) is 9.72. The van der Waals surface area contributed by atoms with E-state index in [0.29, 0.717) is 5.95 Å². The van der Waals surface area contributed by atoms with Crippen LogP contribution in [0.4, 0.5) is 0 Å². The maximum absolute atomic E-state index is 5.64. The van der Waals surface area contributed by atoms with E-state index in [4.69, 9.17) is 9.97 Å². The van der Waals surface area contributed by atoms with Gasteiger partial charge in [0.1, 0.15) is 0 Å². The first-order chi connectivity index (χ1) is 30.3. The van der Waals surface area contributed by atoms with Crippen molar-refractivity contribution in [2.24, 2.45) is 0 Å². The van der Waals surface area contributed by atoms with E-state index in [2.05, 4.69) is 219 Å². The molecule has 0 spiro atoms. The summed E-state index contributed by atoms with van der Waals surface area (Å²) in [5.74, 6) is 0.637. The third kappa shape index (κ3) is 5.45. The predicted octanol–water partition coefficient (Wildman–Crippen LogP) is 15.2. The van der Waals surface area contributed by atoms with Crippen molar-refractivity contribution in [3.63, 3.8) is 0 Å². The Balaban J connectivity index is 1.30. The van der Waals surface area contributed by atoms with Crippen LogP contribution in [0.3, 0.4) is 0 Å². The summed E-state index contributed by atoms with van der Waals surface area (Å²) >= 11 is 0. The fourth-order valence-corrected chi connectivity index (χ4v) is 10.6. The molecule has 1 aliphatic rings. The molecule has 3 aromatic heterocycles. The Morgan fingerprint density at radius 3 is 1.58 bits per heavy atom. The molecule has 0 aliphatic heterocycles. The minimum absolute atomic E-state index is 0.0431. The van der Waals surface area contributed by atoms with Crippen LogP contribution < -0.4 is 0 Å². The summed E-state index contributed by atoms with van der Waals surface area (Å²) in [5, 5.41) is 7.39. The van der Waals surface area contributed by atoms with E-state index in [1.807, 2.05) is 0 Å². The molecule has 3 heterocycles. The summed E-state index contributed by atoms with van der Waals surface area (Å²) in [7, 11) is 0. The molecule has 1 aliphatic carbocycles. The first-order valence-corrected chi connectivity index (χ1v) is 21.9. The Morgan fingerprint density at radius 2 is 0.903 bits per heavy atom. The van der Waals surface area contributed by atoms with Crippen LogP contribution in [-0.2, 0) is 10.8 Å². The minimum atomic E-state index is 0.0431. The van der Waals surface area contributed by atoms with Crippen LogP contribution in [0.1, 0.15) is 51.7 Å². The van der Waals surface area contributed by atoms with Crippen LogP contribution in [0, 0.1) is 0 Å². The van der Waals surface area contributed by atoms with Crippen LogP contribution in [0.15, 0.2) is 182 Å². The van der Waals surface area contributed by atoms with Gasteiger partial charge in [0, 0.05) is 38.4 Å². The van der Waals surface area contributed by atoms with Crippen molar-refractivity contribution in [3.05, 3.63) is 193 Å². The number of para-hydroxylation sites is 2. The Morgan fingerprint density at radius 1 is 0.403 bits per heavy atom. The van der Waals surface area contributed by atoms with Crippen LogP contribution in [0.2, 0.25) is 0 Å². The van der Waals surface area contributed by atoms with Gasteiger partial charge < -0.3 is 4.57 Å². The Hall–Kier alpha value is -7.30. The molecule has 0 saturated heterocycles. The molecule has 0 saturated carbocycles. The van der Waals surface area contributed by atoms with Gasteiger partial charge in [-0.05, 0) is 93.1 Å². The number of nitrogens with zero attached hydrogens (tertiary/aromatic N) is 4. The molecule has 0 bridgehead atoms. The second-order valence-electron chi connectivity index (χ2n) is 18.4. The van der Waals surface area contributed by atoms with Gasteiger partial charge in [0.15, 0.2) is 0 Å². The highest BCUT2D eigenvalue weighted by atomic mass is 15.2. The van der Waals surface area contributed by atoms with E-state index in [-0.39, 0.29) is 10.8 Å². The van der Waals surface area contributed by atoms with Gasteiger partial charge in [-0.2, -0.15) is 0 Å².